The zero-order valence-electron chi connectivity index (χ0n) is 17.8. The minimum absolute atomic E-state index is 0.145. The van der Waals surface area contributed by atoms with E-state index in [9.17, 15) is 8.78 Å². The van der Waals surface area contributed by atoms with Crippen LogP contribution in [-0.2, 0) is 0 Å². The molecule has 0 aromatic heterocycles. The summed E-state index contributed by atoms with van der Waals surface area (Å²) in [5.74, 6) is -0.299. The molecule has 0 saturated heterocycles. The number of benzene rings is 4. The second-order valence-corrected chi connectivity index (χ2v) is 7.68. The summed E-state index contributed by atoms with van der Waals surface area (Å²) in [6, 6.07) is 26.6. The van der Waals surface area contributed by atoms with Crippen LogP contribution in [0.1, 0.15) is 22.3 Å². The van der Waals surface area contributed by atoms with Crippen molar-refractivity contribution >= 4 is 0 Å². The zero-order valence-corrected chi connectivity index (χ0v) is 17.8. The quantitative estimate of drug-likeness (QED) is 0.318. The van der Waals surface area contributed by atoms with Gasteiger partial charge in [0.2, 0.25) is 0 Å². The molecule has 0 aliphatic heterocycles. The van der Waals surface area contributed by atoms with Gasteiger partial charge in [-0.25, -0.2) is 8.78 Å². The summed E-state index contributed by atoms with van der Waals surface area (Å²) >= 11 is 0. The lowest BCUT2D eigenvalue weighted by Crippen LogP contribution is -1.85. The number of aryl methyl sites for hydroxylation is 4. The normalized spacial score (nSPS) is 10.3. The molecule has 0 spiro atoms. The van der Waals surface area contributed by atoms with E-state index < -0.39 is 0 Å². The lowest BCUT2D eigenvalue weighted by Gasteiger charge is -2.04. The second-order valence-electron chi connectivity index (χ2n) is 7.68. The van der Waals surface area contributed by atoms with Crippen LogP contribution in [0, 0.1) is 39.3 Å². The number of rotatable bonds is 2. The van der Waals surface area contributed by atoms with Gasteiger partial charge in [-0.1, -0.05) is 83.9 Å². The molecule has 0 aliphatic rings. The molecule has 0 fully saturated rings. The van der Waals surface area contributed by atoms with Gasteiger partial charge in [0.1, 0.15) is 11.6 Å². The third kappa shape index (κ3) is 5.42. The predicted octanol–water partition coefficient (Wildman–Crippen LogP) is 8.22. The predicted molar refractivity (Wildman–Crippen MR) is 123 cm³/mol. The van der Waals surface area contributed by atoms with Crippen molar-refractivity contribution in [1.82, 2.24) is 0 Å². The molecule has 0 unspecified atom stereocenters. The summed E-state index contributed by atoms with van der Waals surface area (Å²) in [7, 11) is 0. The molecule has 4 rings (SSSR count). The Hall–Kier alpha value is -3.26. The van der Waals surface area contributed by atoms with Crippen LogP contribution in [0.15, 0.2) is 84.9 Å². The number of halogens is 2. The molecular formula is C28H26F2. The van der Waals surface area contributed by atoms with Crippen LogP contribution in [0.2, 0.25) is 0 Å². The first-order valence-corrected chi connectivity index (χ1v) is 10.00. The molecule has 2 heteroatoms. The van der Waals surface area contributed by atoms with E-state index in [2.05, 4.69) is 0 Å². The van der Waals surface area contributed by atoms with Crippen molar-refractivity contribution in [3.63, 3.8) is 0 Å². The molecule has 0 aliphatic carbocycles. The molecule has 0 amide bonds. The molecule has 0 radical (unpaired) electrons. The Bertz CT molecular complexity index is 1120. The summed E-state index contributed by atoms with van der Waals surface area (Å²) in [6.45, 7) is 7.73. The van der Waals surface area contributed by atoms with E-state index in [4.69, 9.17) is 0 Å². The molecule has 30 heavy (non-hydrogen) atoms. The van der Waals surface area contributed by atoms with Gasteiger partial charge in [-0.2, -0.15) is 0 Å². The lowest BCUT2D eigenvalue weighted by molar-refractivity contribution is 0.619. The topological polar surface area (TPSA) is 0 Å². The Morgan fingerprint density at radius 3 is 1.47 bits per heavy atom. The Labute approximate surface area is 177 Å². The average Bonchev–Trinajstić information content (AvgIpc) is 2.72. The Morgan fingerprint density at radius 1 is 0.433 bits per heavy atom. The molecule has 0 saturated carbocycles. The summed E-state index contributed by atoms with van der Waals surface area (Å²) in [5.41, 5.74) is 7.61. The molecule has 0 atom stereocenters. The van der Waals surface area contributed by atoms with Crippen molar-refractivity contribution in [1.29, 1.82) is 0 Å². The van der Waals surface area contributed by atoms with Gasteiger partial charge in [-0.3, -0.25) is 0 Å². The molecule has 0 nitrogen and oxygen atoms in total. The van der Waals surface area contributed by atoms with E-state index in [0.717, 1.165) is 22.3 Å². The maximum absolute atomic E-state index is 13.6. The fourth-order valence-corrected chi connectivity index (χ4v) is 3.11. The van der Waals surface area contributed by atoms with Gasteiger partial charge in [0.15, 0.2) is 0 Å². The molecule has 4 aromatic carbocycles. The van der Waals surface area contributed by atoms with Gasteiger partial charge < -0.3 is 0 Å². The summed E-state index contributed by atoms with van der Waals surface area (Å²) < 4.78 is 27.0. The minimum Gasteiger partial charge on any atom is -0.207 e. The fraction of sp³-hybridized carbons (Fsp3) is 0.143. The van der Waals surface area contributed by atoms with Crippen molar-refractivity contribution in [3.05, 3.63) is 119 Å². The average molecular weight is 401 g/mol. The molecule has 0 heterocycles. The van der Waals surface area contributed by atoms with Gasteiger partial charge in [0.05, 0.1) is 0 Å². The van der Waals surface area contributed by atoms with E-state index in [-0.39, 0.29) is 11.6 Å². The van der Waals surface area contributed by atoms with Crippen LogP contribution in [0.25, 0.3) is 22.3 Å². The van der Waals surface area contributed by atoms with Gasteiger partial charge in [0, 0.05) is 5.56 Å². The highest BCUT2D eigenvalue weighted by Gasteiger charge is 2.04. The van der Waals surface area contributed by atoms with Crippen molar-refractivity contribution in [2.24, 2.45) is 0 Å². The zero-order chi connectivity index (χ0) is 21.7. The number of hydrogen-bond acceptors (Lipinski definition) is 0. The number of hydrogen-bond donors (Lipinski definition) is 0. The fourth-order valence-electron chi connectivity index (χ4n) is 3.11. The smallest absolute Gasteiger partial charge is 0.131 e. The maximum Gasteiger partial charge on any atom is 0.131 e. The third-order valence-electron chi connectivity index (χ3n) is 5.04. The van der Waals surface area contributed by atoms with Crippen LogP contribution in [-0.4, -0.2) is 0 Å². The van der Waals surface area contributed by atoms with E-state index >= 15 is 0 Å². The van der Waals surface area contributed by atoms with Crippen LogP contribution in [0.3, 0.4) is 0 Å². The largest absolute Gasteiger partial charge is 0.207 e. The van der Waals surface area contributed by atoms with Gasteiger partial charge in [-0.15, -0.1) is 0 Å². The van der Waals surface area contributed by atoms with Gasteiger partial charge in [-0.05, 0) is 67.6 Å². The maximum atomic E-state index is 13.6. The summed E-state index contributed by atoms with van der Waals surface area (Å²) in [6.07, 6.45) is 0. The molecule has 0 bridgehead atoms. The first-order valence-electron chi connectivity index (χ1n) is 10.00. The van der Waals surface area contributed by atoms with Crippen molar-refractivity contribution in [3.8, 4) is 22.3 Å². The highest BCUT2D eigenvalue weighted by molar-refractivity contribution is 5.65. The first kappa shape index (κ1) is 21.4. The monoisotopic (exact) mass is 400 g/mol. The highest BCUT2D eigenvalue weighted by atomic mass is 19.1. The van der Waals surface area contributed by atoms with Crippen LogP contribution in [0.5, 0.6) is 0 Å². The lowest BCUT2D eigenvalue weighted by atomic mass is 10.0. The summed E-state index contributed by atoms with van der Waals surface area (Å²) in [4.78, 5) is 0. The molecule has 4 aromatic rings. The molecular weight excluding hydrogens is 374 g/mol. The van der Waals surface area contributed by atoms with Crippen LogP contribution in [0.4, 0.5) is 8.78 Å². The Balaban J connectivity index is 0.000000171. The summed E-state index contributed by atoms with van der Waals surface area (Å²) in [5, 5.41) is 0. The Kier molecular flexibility index (Phi) is 6.79. The first-order chi connectivity index (χ1) is 14.3. The standard InChI is InChI=1S/2C14H13F/c1-10-3-6-12(7-4-10)13-8-5-11(2)14(15)9-13;1-10-3-6-12(7-4-10)13-8-5-11(2)9-14(13)15/h2*3-9H,1-2H3. The Morgan fingerprint density at radius 2 is 0.933 bits per heavy atom. The van der Waals surface area contributed by atoms with Crippen molar-refractivity contribution in [2.75, 3.05) is 0 Å². The van der Waals surface area contributed by atoms with Crippen molar-refractivity contribution in [2.45, 2.75) is 27.7 Å². The van der Waals surface area contributed by atoms with Gasteiger partial charge in [0.25, 0.3) is 0 Å². The van der Waals surface area contributed by atoms with Crippen LogP contribution >= 0.6 is 0 Å². The highest BCUT2D eigenvalue weighted by Crippen LogP contribution is 2.24. The van der Waals surface area contributed by atoms with Crippen LogP contribution < -0.4 is 0 Å². The van der Waals surface area contributed by atoms with E-state index in [0.29, 0.717) is 11.1 Å². The molecule has 152 valence electrons. The van der Waals surface area contributed by atoms with E-state index in [1.54, 1.807) is 19.1 Å². The minimum atomic E-state index is -0.154. The third-order valence-corrected chi connectivity index (χ3v) is 5.04. The van der Waals surface area contributed by atoms with Gasteiger partial charge >= 0.3 is 0 Å². The van der Waals surface area contributed by atoms with Crippen molar-refractivity contribution < 1.29 is 8.78 Å². The molecule has 0 N–H and O–H groups in total. The van der Waals surface area contributed by atoms with E-state index in [1.165, 1.54) is 11.1 Å². The SMILES string of the molecule is Cc1ccc(-c2ccc(C)c(F)c2)cc1.Cc1ccc(-c2ccc(C)cc2F)cc1. The second kappa shape index (κ2) is 9.49. The van der Waals surface area contributed by atoms with E-state index in [1.807, 2.05) is 93.6 Å².